The molecule has 92 valence electrons. The van der Waals surface area contributed by atoms with Gasteiger partial charge in [0, 0.05) is 5.92 Å². The zero-order valence-electron chi connectivity index (χ0n) is 10.3. The maximum absolute atomic E-state index is 10.1. The lowest BCUT2D eigenvalue weighted by atomic mass is 9.92. The molecule has 0 saturated heterocycles. The fourth-order valence-electron chi connectivity index (χ4n) is 1.60. The average molecular weight is 232 g/mol. The molecule has 0 radical (unpaired) electrons. The first-order valence-corrected chi connectivity index (χ1v) is 5.87. The third-order valence-electron chi connectivity index (χ3n) is 2.79. The molecule has 1 rings (SSSR count). The van der Waals surface area contributed by atoms with Gasteiger partial charge in [0.1, 0.15) is 0 Å². The molecule has 0 spiro atoms. The zero-order valence-corrected chi connectivity index (χ0v) is 10.3. The number of benzene rings is 1. The Bertz CT molecular complexity index is 368. The van der Waals surface area contributed by atoms with Crippen LogP contribution in [0.15, 0.2) is 54.6 Å². The summed E-state index contributed by atoms with van der Waals surface area (Å²) in [5.74, 6) is -0.237. The van der Waals surface area contributed by atoms with Gasteiger partial charge in [0.25, 0.3) is 0 Å². The summed E-state index contributed by atoms with van der Waals surface area (Å²) in [6, 6.07) is 9.40. The highest BCUT2D eigenvalue weighted by atomic mass is 16.3. The number of aliphatic hydroxyl groups is 2. The van der Waals surface area contributed by atoms with Crippen molar-refractivity contribution in [2.75, 3.05) is 0 Å². The molecule has 2 N–H and O–H groups in total. The van der Waals surface area contributed by atoms with Gasteiger partial charge in [-0.1, -0.05) is 61.6 Å². The van der Waals surface area contributed by atoms with E-state index < -0.39 is 12.2 Å². The van der Waals surface area contributed by atoms with Crippen LogP contribution in [0.3, 0.4) is 0 Å². The van der Waals surface area contributed by atoms with Crippen molar-refractivity contribution in [1.82, 2.24) is 0 Å². The van der Waals surface area contributed by atoms with E-state index in [1.807, 2.05) is 56.3 Å². The smallest absolute Gasteiger partial charge is 0.0843 e. The lowest BCUT2D eigenvalue weighted by Crippen LogP contribution is -2.22. The molecule has 3 atom stereocenters. The van der Waals surface area contributed by atoms with E-state index in [0.717, 1.165) is 5.56 Å². The van der Waals surface area contributed by atoms with Crippen LogP contribution in [-0.2, 0) is 0 Å². The molecule has 17 heavy (non-hydrogen) atoms. The quantitative estimate of drug-likeness (QED) is 0.766. The molecule has 0 bridgehead atoms. The number of hydrogen-bond donors (Lipinski definition) is 2. The Morgan fingerprint density at radius 1 is 1.06 bits per heavy atom. The minimum Gasteiger partial charge on any atom is -0.389 e. The second kappa shape index (κ2) is 7.05. The number of allylic oxidation sites excluding steroid dienone is 3. The van der Waals surface area contributed by atoms with E-state index in [2.05, 4.69) is 0 Å². The monoisotopic (exact) mass is 232 g/mol. The Labute approximate surface area is 103 Å². The largest absolute Gasteiger partial charge is 0.389 e. The molecule has 0 aliphatic rings. The minimum absolute atomic E-state index is 0.237. The Morgan fingerprint density at radius 2 is 1.71 bits per heavy atom. The molecule has 0 aliphatic carbocycles. The van der Waals surface area contributed by atoms with Gasteiger partial charge in [0.15, 0.2) is 0 Å². The normalized spacial score (nSPS) is 17.4. The summed E-state index contributed by atoms with van der Waals surface area (Å²) in [4.78, 5) is 0. The molecule has 0 unspecified atom stereocenters. The van der Waals surface area contributed by atoms with Gasteiger partial charge in [-0.3, -0.25) is 0 Å². The summed E-state index contributed by atoms with van der Waals surface area (Å²) in [6.45, 7) is 3.75. The highest BCUT2D eigenvalue weighted by Gasteiger charge is 2.21. The van der Waals surface area contributed by atoms with Crippen LogP contribution in [0.5, 0.6) is 0 Å². The first-order valence-electron chi connectivity index (χ1n) is 5.87. The average Bonchev–Trinajstić information content (AvgIpc) is 2.38. The SMILES string of the molecule is C/C=C/C=C/[C@H](O)[C@H](C)[C@@H](O)c1ccccc1. The van der Waals surface area contributed by atoms with E-state index in [4.69, 9.17) is 0 Å². The first-order chi connectivity index (χ1) is 8.16. The summed E-state index contributed by atoms with van der Waals surface area (Å²) in [5.41, 5.74) is 0.832. The predicted molar refractivity (Wildman–Crippen MR) is 70.5 cm³/mol. The van der Waals surface area contributed by atoms with Crippen molar-refractivity contribution in [2.45, 2.75) is 26.1 Å². The van der Waals surface area contributed by atoms with Crippen LogP contribution < -0.4 is 0 Å². The van der Waals surface area contributed by atoms with Crippen LogP contribution in [0.4, 0.5) is 0 Å². The van der Waals surface area contributed by atoms with Gasteiger partial charge in [-0.15, -0.1) is 0 Å². The molecule has 0 aliphatic heterocycles. The maximum Gasteiger partial charge on any atom is 0.0843 e. The first kappa shape index (κ1) is 13.7. The number of rotatable bonds is 5. The Kier molecular flexibility index (Phi) is 5.67. The zero-order chi connectivity index (χ0) is 12.7. The van der Waals surface area contributed by atoms with Gasteiger partial charge >= 0.3 is 0 Å². The molecular formula is C15H20O2. The summed E-state index contributed by atoms with van der Waals surface area (Å²) in [6.07, 6.45) is 5.92. The third kappa shape index (κ3) is 4.17. The predicted octanol–water partition coefficient (Wildman–Crippen LogP) is 2.85. The van der Waals surface area contributed by atoms with Crippen molar-refractivity contribution in [3.05, 3.63) is 60.2 Å². The fourth-order valence-corrected chi connectivity index (χ4v) is 1.60. The molecule has 1 aromatic rings. The van der Waals surface area contributed by atoms with Crippen molar-refractivity contribution < 1.29 is 10.2 Å². The Balaban J connectivity index is 2.66. The summed E-state index contributed by atoms with van der Waals surface area (Å²) in [5, 5.41) is 20.0. The minimum atomic E-state index is -0.651. The third-order valence-corrected chi connectivity index (χ3v) is 2.79. The molecule has 0 heterocycles. The van der Waals surface area contributed by atoms with Crippen molar-refractivity contribution in [3.63, 3.8) is 0 Å². The van der Waals surface area contributed by atoms with Crippen molar-refractivity contribution in [1.29, 1.82) is 0 Å². The molecule has 2 heteroatoms. The second-order valence-corrected chi connectivity index (χ2v) is 4.12. The van der Waals surface area contributed by atoms with Crippen molar-refractivity contribution in [2.24, 2.45) is 5.92 Å². The van der Waals surface area contributed by atoms with E-state index >= 15 is 0 Å². The van der Waals surface area contributed by atoms with Gasteiger partial charge in [-0.25, -0.2) is 0 Å². The van der Waals surface area contributed by atoms with Gasteiger partial charge in [-0.2, -0.15) is 0 Å². The van der Waals surface area contributed by atoms with Gasteiger partial charge < -0.3 is 10.2 Å². The van der Waals surface area contributed by atoms with Crippen LogP contribution in [0.2, 0.25) is 0 Å². The van der Waals surface area contributed by atoms with Crippen LogP contribution in [0.25, 0.3) is 0 Å². The van der Waals surface area contributed by atoms with Crippen LogP contribution in [0, 0.1) is 5.92 Å². The van der Waals surface area contributed by atoms with E-state index in [1.54, 1.807) is 12.2 Å². The summed E-state index contributed by atoms with van der Waals surface area (Å²) < 4.78 is 0. The van der Waals surface area contributed by atoms with Gasteiger partial charge in [-0.05, 0) is 12.5 Å². The van der Waals surface area contributed by atoms with Crippen molar-refractivity contribution >= 4 is 0 Å². The Morgan fingerprint density at radius 3 is 2.29 bits per heavy atom. The molecule has 1 aromatic carbocycles. The standard InChI is InChI=1S/C15H20O2/c1-3-4-6-11-14(16)12(2)15(17)13-9-7-5-8-10-13/h3-12,14-17H,1-2H3/b4-3+,11-6+/t12-,14-,15+/m0/s1. The molecule has 2 nitrogen and oxygen atoms in total. The summed E-state index contributed by atoms with van der Waals surface area (Å²) >= 11 is 0. The van der Waals surface area contributed by atoms with Gasteiger partial charge in [0.2, 0.25) is 0 Å². The summed E-state index contributed by atoms with van der Waals surface area (Å²) in [7, 11) is 0. The van der Waals surface area contributed by atoms with E-state index in [9.17, 15) is 10.2 Å². The van der Waals surface area contributed by atoms with Crippen LogP contribution >= 0.6 is 0 Å². The van der Waals surface area contributed by atoms with Crippen LogP contribution in [-0.4, -0.2) is 16.3 Å². The number of aliphatic hydroxyl groups excluding tert-OH is 2. The lowest BCUT2D eigenvalue weighted by molar-refractivity contribution is 0.0444. The molecule has 0 amide bonds. The van der Waals surface area contributed by atoms with Crippen molar-refractivity contribution in [3.8, 4) is 0 Å². The number of hydrogen-bond acceptors (Lipinski definition) is 2. The lowest BCUT2D eigenvalue weighted by Gasteiger charge is -2.22. The van der Waals surface area contributed by atoms with Crippen LogP contribution in [0.1, 0.15) is 25.5 Å². The Hall–Kier alpha value is -1.38. The second-order valence-electron chi connectivity index (χ2n) is 4.12. The molecular weight excluding hydrogens is 212 g/mol. The van der Waals surface area contributed by atoms with E-state index in [1.165, 1.54) is 0 Å². The van der Waals surface area contributed by atoms with E-state index in [0.29, 0.717) is 0 Å². The fraction of sp³-hybridized carbons (Fsp3) is 0.333. The highest BCUT2D eigenvalue weighted by Crippen LogP contribution is 2.24. The highest BCUT2D eigenvalue weighted by molar-refractivity contribution is 5.18. The molecule has 0 saturated carbocycles. The molecule has 0 fully saturated rings. The van der Waals surface area contributed by atoms with E-state index in [-0.39, 0.29) is 5.92 Å². The topological polar surface area (TPSA) is 40.5 Å². The van der Waals surface area contributed by atoms with Gasteiger partial charge in [0.05, 0.1) is 12.2 Å². The maximum atomic E-state index is 10.1. The molecule has 0 aromatic heterocycles.